The van der Waals surface area contributed by atoms with Crippen molar-refractivity contribution in [3.8, 4) is 0 Å². The van der Waals surface area contributed by atoms with Crippen LogP contribution in [0.15, 0.2) is 12.2 Å². The molecule has 115 heavy (non-hydrogen) atoms. The summed E-state index contributed by atoms with van der Waals surface area (Å²) in [5.41, 5.74) is 0. The number of allylic oxidation sites excluding steroid dienone is 1. The molecule has 39 nitrogen and oxygen atoms in total. The molecule has 7 aliphatic heterocycles. The van der Waals surface area contributed by atoms with Gasteiger partial charge in [0.1, 0.15) is 171 Å². The fourth-order valence-corrected chi connectivity index (χ4v) is 15.4. The number of ether oxygens (including phenoxy) is 14. The van der Waals surface area contributed by atoms with E-state index in [1.54, 1.807) is 6.08 Å². The molecule has 674 valence electrons. The SMILES string of the molecule is CCCCCCCCCCCCC/C=C/[C@@H](O)[C@H](CO[C@@H]1OC(CO)[C@@H](O[C@@H]2OC(CO)[C@H](O[C@@H]3OC(CO)[C@H](O)[C@H](O[C@H]4OC(CO)[C@H](O)[C@H](O[C@H]5OC(CO)[C@H](O)[C@H](O[C@H]6OC(CO)[C@H](O)[C@H](O[C@H]7OC(CO)[C@H](O)[C@H](O)C7O)C6O)C5O)C4O)C3O)[C@H](O)C2O)[C@H](O)C1O)NC(=O)CCCCCCCCCCCCCCC. The lowest BCUT2D eigenvalue weighted by Crippen LogP contribution is -2.68. The summed E-state index contributed by atoms with van der Waals surface area (Å²) in [5, 5.41) is 257. The van der Waals surface area contributed by atoms with Gasteiger partial charge >= 0.3 is 0 Å². The van der Waals surface area contributed by atoms with Gasteiger partial charge < -0.3 is 189 Å². The van der Waals surface area contributed by atoms with Crippen LogP contribution in [-0.4, -0.2) is 403 Å². The van der Waals surface area contributed by atoms with Crippen LogP contribution >= 0.6 is 0 Å². The van der Waals surface area contributed by atoms with Gasteiger partial charge in [0.2, 0.25) is 5.91 Å². The van der Waals surface area contributed by atoms with Gasteiger partial charge in [0.25, 0.3) is 0 Å². The number of rotatable bonds is 51. The number of unbranched alkanes of at least 4 members (excludes halogenated alkanes) is 23. The van der Waals surface area contributed by atoms with Crippen molar-refractivity contribution in [1.29, 1.82) is 0 Å². The Bertz CT molecular complexity index is 2640. The molecule has 7 heterocycles. The predicted molar refractivity (Wildman–Crippen MR) is 394 cm³/mol. The highest BCUT2D eigenvalue weighted by atomic mass is 16.8. The summed E-state index contributed by atoms with van der Waals surface area (Å²) < 4.78 is 80.5. The molecule has 7 saturated heterocycles. The Hall–Kier alpha value is -2.27. The topological polar surface area (TPSA) is 624 Å². The number of aliphatic hydroxyl groups excluding tert-OH is 23. The summed E-state index contributed by atoms with van der Waals surface area (Å²) in [5.74, 6) is -0.347. The van der Waals surface area contributed by atoms with Gasteiger partial charge in [-0.3, -0.25) is 4.79 Å². The third kappa shape index (κ3) is 28.1. The lowest BCUT2D eigenvalue weighted by Gasteiger charge is -2.50. The number of hydrogen-bond acceptors (Lipinski definition) is 38. The van der Waals surface area contributed by atoms with Crippen LogP contribution in [0.4, 0.5) is 0 Å². The zero-order chi connectivity index (χ0) is 84.0. The number of hydrogen-bond donors (Lipinski definition) is 24. The van der Waals surface area contributed by atoms with E-state index in [4.69, 9.17) is 66.3 Å². The summed E-state index contributed by atoms with van der Waals surface area (Å²) in [4.78, 5) is 13.5. The predicted octanol–water partition coefficient (Wildman–Crippen LogP) is -5.67. The second-order valence-corrected chi connectivity index (χ2v) is 31.3. The molecular weight excluding hydrogens is 1530 g/mol. The molecule has 37 atom stereocenters. The van der Waals surface area contributed by atoms with Crippen molar-refractivity contribution >= 4 is 5.91 Å². The van der Waals surface area contributed by atoms with Gasteiger partial charge in [-0.2, -0.15) is 0 Å². The summed E-state index contributed by atoms with van der Waals surface area (Å²) in [6.07, 6.45) is -39.9. The first-order valence-electron chi connectivity index (χ1n) is 41.5. The number of aliphatic hydroxyl groups is 23. The summed E-state index contributed by atoms with van der Waals surface area (Å²) >= 11 is 0. The highest BCUT2D eigenvalue weighted by molar-refractivity contribution is 5.76. The van der Waals surface area contributed by atoms with Gasteiger partial charge in [-0.1, -0.05) is 167 Å². The Kier molecular flexibility index (Phi) is 44.9. The van der Waals surface area contributed by atoms with Crippen molar-refractivity contribution in [3.05, 3.63) is 12.2 Å². The van der Waals surface area contributed by atoms with Crippen LogP contribution in [0.25, 0.3) is 0 Å². The molecule has 39 heteroatoms. The van der Waals surface area contributed by atoms with Gasteiger partial charge in [0, 0.05) is 6.42 Å². The van der Waals surface area contributed by atoms with E-state index in [9.17, 15) is 122 Å². The van der Waals surface area contributed by atoms with Gasteiger partial charge in [-0.05, 0) is 19.3 Å². The Balaban J connectivity index is 0.955. The summed E-state index contributed by atoms with van der Waals surface area (Å²) in [6, 6.07) is -1.07. The van der Waals surface area contributed by atoms with Gasteiger partial charge in [0.15, 0.2) is 44.0 Å². The molecule has 7 rings (SSSR count). The fourth-order valence-electron chi connectivity index (χ4n) is 15.4. The standard InChI is InChI=1S/C76H137NO38/c1-3-5-7-9-11-13-15-17-19-21-23-25-27-29-40(85)39(77-48(86)30-28-26-24-22-20-18-16-14-12-10-8-6-4-2)38-102-70-58(96)55(93)64(46(36-83)108-70)110-72-59(97)56(94)65(47(37-84)109-72)111-73-60(98)67(51(89)42(32-79)104-73)113-75-62(100)69(53(91)44(34-81)106-75)115-76-63(101)68(52(90)45(35-82)107-76)114-74-61(99)66(50(88)43(33-80)105-74)112-71-57(95)54(92)49(87)41(31-78)103-71/h27,29,39-47,49-76,78-85,87-101H,3-26,28,30-38H2,1-2H3,(H,77,86)/b29-27+/t39-,40+,41?,42?,43?,44?,45?,46?,47?,49-,50-,51-,52-,53-,54-,55+,56+,57?,58?,59?,60?,61?,62?,63?,64+,65-,66-,67-,68-,69-,70+,71+,72-,73-,74+,75+,76+/m0/s1. The molecule has 0 radical (unpaired) electrons. The third-order valence-electron chi connectivity index (χ3n) is 22.5. The molecule has 7 aliphatic rings. The Labute approximate surface area is 670 Å². The van der Waals surface area contributed by atoms with Crippen molar-refractivity contribution in [2.24, 2.45) is 0 Å². The molecule has 0 aromatic heterocycles. The highest BCUT2D eigenvalue weighted by Crippen LogP contribution is 2.39. The molecule has 0 saturated carbocycles. The lowest BCUT2D eigenvalue weighted by atomic mass is 9.95. The van der Waals surface area contributed by atoms with Crippen molar-refractivity contribution in [2.75, 3.05) is 52.9 Å². The summed E-state index contributed by atoms with van der Waals surface area (Å²) in [6.45, 7) is -3.21. The second-order valence-electron chi connectivity index (χ2n) is 31.3. The van der Waals surface area contributed by atoms with E-state index in [-0.39, 0.29) is 12.3 Å². The van der Waals surface area contributed by atoms with Crippen LogP contribution in [0, 0.1) is 0 Å². The highest BCUT2D eigenvalue weighted by Gasteiger charge is 2.59. The van der Waals surface area contributed by atoms with Crippen LogP contribution in [0.1, 0.15) is 181 Å². The maximum absolute atomic E-state index is 13.5. The van der Waals surface area contributed by atoms with Gasteiger partial charge in [-0.15, -0.1) is 0 Å². The van der Waals surface area contributed by atoms with E-state index in [0.29, 0.717) is 12.8 Å². The molecule has 0 aromatic carbocycles. The molecule has 0 aromatic rings. The Morgan fingerprint density at radius 3 is 0.896 bits per heavy atom. The van der Waals surface area contributed by atoms with E-state index < -0.39 is 280 Å². The summed E-state index contributed by atoms with van der Waals surface area (Å²) in [7, 11) is 0. The van der Waals surface area contributed by atoms with E-state index in [1.807, 2.05) is 6.08 Å². The smallest absolute Gasteiger partial charge is 0.220 e. The largest absolute Gasteiger partial charge is 0.394 e. The van der Waals surface area contributed by atoms with E-state index in [0.717, 1.165) is 51.4 Å². The quantitative estimate of drug-likeness (QED) is 0.0199. The van der Waals surface area contributed by atoms with Gasteiger partial charge in [0.05, 0.1) is 65.0 Å². The van der Waals surface area contributed by atoms with Crippen LogP contribution in [-0.2, 0) is 71.1 Å². The third-order valence-corrected chi connectivity index (χ3v) is 22.5. The van der Waals surface area contributed by atoms with Crippen LogP contribution in [0.3, 0.4) is 0 Å². The van der Waals surface area contributed by atoms with Crippen LogP contribution in [0.5, 0.6) is 0 Å². The maximum atomic E-state index is 13.5. The zero-order valence-corrected chi connectivity index (χ0v) is 66.0. The monoisotopic (exact) mass is 1670 g/mol. The minimum Gasteiger partial charge on any atom is -0.394 e. The van der Waals surface area contributed by atoms with E-state index in [2.05, 4.69) is 19.2 Å². The number of carbonyl (C=O) groups excluding carboxylic acids is 1. The van der Waals surface area contributed by atoms with Crippen molar-refractivity contribution < 1.29 is 189 Å². The van der Waals surface area contributed by atoms with Crippen molar-refractivity contribution in [3.63, 3.8) is 0 Å². The average molecular weight is 1670 g/mol. The average Bonchev–Trinajstić information content (AvgIpc) is 0.771. The molecule has 7 fully saturated rings. The van der Waals surface area contributed by atoms with E-state index in [1.165, 1.54) is 96.3 Å². The molecule has 0 spiro atoms. The Morgan fingerprint density at radius 2 is 0.565 bits per heavy atom. The first-order chi connectivity index (χ1) is 55.3. The van der Waals surface area contributed by atoms with Crippen molar-refractivity contribution in [1.82, 2.24) is 5.32 Å². The fraction of sp³-hybridized carbons (Fsp3) is 0.961. The van der Waals surface area contributed by atoms with Crippen LogP contribution in [0.2, 0.25) is 0 Å². The molecule has 14 unspecified atom stereocenters. The number of nitrogens with one attached hydrogen (secondary N) is 1. The number of carbonyl (C=O) groups is 1. The molecule has 24 N–H and O–H groups in total. The molecule has 0 bridgehead atoms. The van der Waals surface area contributed by atoms with Crippen LogP contribution < -0.4 is 5.32 Å². The van der Waals surface area contributed by atoms with Gasteiger partial charge in [-0.25, -0.2) is 0 Å². The first kappa shape index (κ1) is 99.8. The zero-order valence-electron chi connectivity index (χ0n) is 66.0. The molecule has 0 aliphatic carbocycles. The maximum Gasteiger partial charge on any atom is 0.220 e. The minimum absolute atomic E-state index is 0.173. The normalized spacial score (nSPS) is 40.7. The number of amides is 1. The van der Waals surface area contributed by atoms with E-state index >= 15 is 0 Å². The first-order valence-corrected chi connectivity index (χ1v) is 41.5. The Morgan fingerprint density at radius 1 is 0.304 bits per heavy atom. The second kappa shape index (κ2) is 51.7. The van der Waals surface area contributed by atoms with Crippen molar-refractivity contribution in [2.45, 2.75) is 408 Å². The molecule has 1 amide bonds. The molecular formula is C76H137NO38. The lowest BCUT2D eigenvalue weighted by molar-refractivity contribution is -0.400. The minimum atomic E-state index is -2.34.